The van der Waals surface area contributed by atoms with Crippen LogP contribution in [0.5, 0.6) is 0 Å². The smallest absolute Gasteiger partial charge is 0.326 e. The summed E-state index contributed by atoms with van der Waals surface area (Å²) in [5.74, 6) is -2.32. The predicted octanol–water partition coefficient (Wildman–Crippen LogP) is -0.1000. The Kier molecular flexibility index (Phi) is 4.78. The highest BCUT2D eigenvalue weighted by atomic mass is 32.1. The Hall–Kier alpha value is -1.96. The molecule has 18 heavy (non-hydrogen) atoms. The van der Waals surface area contributed by atoms with E-state index in [9.17, 15) is 14.4 Å². The lowest BCUT2D eigenvalue weighted by atomic mass is 10.1. The van der Waals surface area contributed by atoms with E-state index in [1.54, 1.807) is 6.92 Å². The van der Waals surface area contributed by atoms with Crippen LogP contribution in [0.25, 0.3) is 0 Å². The molecule has 1 atom stereocenters. The number of nitrogens with two attached hydrogens (primary N) is 1. The lowest BCUT2D eigenvalue weighted by Crippen LogP contribution is -2.41. The lowest BCUT2D eigenvalue weighted by molar-refractivity contribution is -0.139. The van der Waals surface area contributed by atoms with Crippen LogP contribution in [0, 0.1) is 6.92 Å². The first kappa shape index (κ1) is 14.1. The van der Waals surface area contributed by atoms with E-state index in [-0.39, 0.29) is 12.8 Å². The summed E-state index contributed by atoms with van der Waals surface area (Å²) in [6.45, 7) is 1.66. The van der Waals surface area contributed by atoms with Crippen LogP contribution in [0.2, 0.25) is 0 Å². The maximum absolute atomic E-state index is 11.8. The average molecular weight is 271 g/mol. The second-order valence-corrected chi connectivity index (χ2v) is 4.49. The SMILES string of the molecule is Cc1ncsc1C(=O)N[C@@H](CCC(N)=O)C(=O)O. The lowest BCUT2D eigenvalue weighted by Gasteiger charge is -2.13. The minimum absolute atomic E-state index is 0.0335. The Morgan fingerprint density at radius 1 is 1.56 bits per heavy atom. The van der Waals surface area contributed by atoms with E-state index in [1.807, 2.05) is 0 Å². The van der Waals surface area contributed by atoms with E-state index in [1.165, 1.54) is 5.51 Å². The molecule has 0 aliphatic carbocycles. The van der Waals surface area contributed by atoms with E-state index in [0.29, 0.717) is 10.6 Å². The number of carboxylic acids is 1. The van der Waals surface area contributed by atoms with Gasteiger partial charge in [-0.3, -0.25) is 9.59 Å². The van der Waals surface area contributed by atoms with E-state index < -0.39 is 23.8 Å². The fourth-order valence-electron chi connectivity index (χ4n) is 1.29. The fourth-order valence-corrected chi connectivity index (χ4v) is 1.99. The molecule has 0 fully saturated rings. The van der Waals surface area contributed by atoms with Crippen LogP contribution >= 0.6 is 11.3 Å². The summed E-state index contributed by atoms with van der Waals surface area (Å²) in [7, 11) is 0. The molecular formula is C10H13N3O4S. The highest BCUT2D eigenvalue weighted by molar-refractivity contribution is 7.11. The van der Waals surface area contributed by atoms with Crippen LogP contribution in [0.4, 0.5) is 0 Å². The van der Waals surface area contributed by atoms with Crippen LogP contribution in [-0.2, 0) is 9.59 Å². The summed E-state index contributed by atoms with van der Waals surface area (Å²) in [5, 5.41) is 11.3. The van der Waals surface area contributed by atoms with Gasteiger partial charge in [0.05, 0.1) is 11.2 Å². The van der Waals surface area contributed by atoms with Crippen LogP contribution in [-0.4, -0.2) is 33.9 Å². The van der Waals surface area contributed by atoms with E-state index in [2.05, 4.69) is 10.3 Å². The van der Waals surface area contributed by atoms with Crippen molar-refractivity contribution in [3.63, 3.8) is 0 Å². The quantitative estimate of drug-likeness (QED) is 0.666. The third-order valence-corrected chi connectivity index (χ3v) is 3.16. The highest BCUT2D eigenvalue weighted by Gasteiger charge is 2.22. The van der Waals surface area contributed by atoms with Gasteiger partial charge in [0.2, 0.25) is 5.91 Å². The van der Waals surface area contributed by atoms with Crippen LogP contribution in [0.3, 0.4) is 0 Å². The molecule has 0 saturated carbocycles. The summed E-state index contributed by atoms with van der Waals surface area (Å²) in [4.78, 5) is 37.6. The molecule has 0 aliphatic rings. The van der Waals surface area contributed by atoms with Crippen molar-refractivity contribution in [3.05, 3.63) is 16.1 Å². The Morgan fingerprint density at radius 3 is 2.67 bits per heavy atom. The number of nitrogens with one attached hydrogen (secondary N) is 1. The Labute approximate surface area is 107 Å². The Morgan fingerprint density at radius 2 is 2.22 bits per heavy atom. The maximum Gasteiger partial charge on any atom is 0.326 e. The molecule has 0 spiro atoms. The van der Waals surface area contributed by atoms with Crippen LogP contribution in [0.1, 0.15) is 28.2 Å². The standard InChI is InChI=1S/C10H13N3O4S/c1-5-8(18-4-12-5)9(15)13-6(10(16)17)2-3-7(11)14/h4,6H,2-3H2,1H3,(H2,11,14)(H,13,15)(H,16,17)/t6-/m0/s1. The first-order valence-electron chi connectivity index (χ1n) is 5.14. The number of carbonyl (C=O) groups excluding carboxylic acids is 2. The first-order valence-corrected chi connectivity index (χ1v) is 6.02. The number of carboxylic acid groups (broad SMARTS) is 1. The normalized spacial score (nSPS) is 11.8. The molecule has 0 unspecified atom stereocenters. The summed E-state index contributed by atoms with van der Waals surface area (Å²) in [6, 6.07) is -1.13. The summed E-state index contributed by atoms with van der Waals surface area (Å²) in [5.41, 5.74) is 6.98. The van der Waals surface area contributed by atoms with Crippen molar-refractivity contribution in [2.75, 3.05) is 0 Å². The maximum atomic E-state index is 11.8. The van der Waals surface area contributed by atoms with Gasteiger partial charge in [0.1, 0.15) is 10.9 Å². The molecule has 0 aromatic carbocycles. The number of aliphatic carboxylic acids is 1. The molecule has 8 heteroatoms. The van der Waals surface area contributed by atoms with Crippen LogP contribution in [0.15, 0.2) is 5.51 Å². The molecule has 0 bridgehead atoms. The van der Waals surface area contributed by atoms with Crippen molar-refractivity contribution in [1.29, 1.82) is 0 Å². The number of hydrogen-bond donors (Lipinski definition) is 3. The molecule has 1 heterocycles. The van der Waals surface area contributed by atoms with E-state index in [4.69, 9.17) is 10.8 Å². The molecule has 1 aromatic heterocycles. The fraction of sp³-hybridized carbons (Fsp3) is 0.400. The highest BCUT2D eigenvalue weighted by Crippen LogP contribution is 2.12. The third kappa shape index (κ3) is 3.81. The zero-order valence-electron chi connectivity index (χ0n) is 9.67. The van der Waals surface area contributed by atoms with Gasteiger partial charge in [-0.15, -0.1) is 11.3 Å². The summed E-state index contributed by atoms with van der Waals surface area (Å²) in [6.07, 6.45) is -0.132. The molecule has 0 saturated heterocycles. The van der Waals surface area contributed by atoms with Gasteiger partial charge in [0.15, 0.2) is 0 Å². The summed E-state index contributed by atoms with van der Waals surface area (Å²) < 4.78 is 0. The Bertz CT molecular complexity index is 471. The van der Waals surface area contributed by atoms with Gasteiger partial charge in [0.25, 0.3) is 5.91 Å². The van der Waals surface area contributed by atoms with E-state index >= 15 is 0 Å². The van der Waals surface area contributed by atoms with Gasteiger partial charge in [0, 0.05) is 6.42 Å². The largest absolute Gasteiger partial charge is 0.480 e. The molecule has 4 N–H and O–H groups in total. The number of carbonyl (C=O) groups is 3. The summed E-state index contributed by atoms with van der Waals surface area (Å²) >= 11 is 1.13. The van der Waals surface area contributed by atoms with Crippen molar-refractivity contribution < 1.29 is 19.5 Å². The van der Waals surface area contributed by atoms with Gasteiger partial charge in [-0.05, 0) is 13.3 Å². The predicted molar refractivity (Wildman–Crippen MR) is 64.2 cm³/mol. The van der Waals surface area contributed by atoms with Crippen molar-refractivity contribution in [1.82, 2.24) is 10.3 Å². The second kappa shape index (κ2) is 6.10. The minimum atomic E-state index is -1.20. The van der Waals surface area contributed by atoms with Crippen molar-refractivity contribution >= 4 is 29.1 Å². The van der Waals surface area contributed by atoms with Crippen molar-refractivity contribution in [2.45, 2.75) is 25.8 Å². The molecular weight excluding hydrogens is 258 g/mol. The number of aryl methyl sites for hydroxylation is 1. The van der Waals surface area contributed by atoms with Gasteiger partial charge < -0.3 is 16.2 Å². The van der Waals surface area contributed by atoms with Gasteiger partial charge in [-0.2, -0.15) is 0 Å². The zero-order valence-corrected chi connectivity index (χ0v) is 10.5. The van der Waals surface area contributed by atoms with Crippen molar-refractivity contribution in [2.24, 2.45) is 5.73 Å². The molecule has 0 aliphatic heterocycles. The molecule has 7 nitrogen and oxygen atoms in total. The average Bonchev–Trinajstić information content (AvgIpc) is 2.69. The first-order chi connectivity index (χ1) is 8.41. The number of thiazole rings is 1. The topological polar surface area (TPSA) is 122 Å². The second-order valence-electron chi connectivity index (χ2n) is 3.64. The Balaban J connectivity index is 2.67. The number of rotatable bonds is 6. The number of hydrogen-bond acceptors (Lipinski definition) is 5. The minimum Gasteiger partial charge on any atom is -0.480 e. The third-order valence-electron chi connectivity index (χ3n) is 2.23. The molecule has 1 rings (SSSR count). The van der Waals surface area contributed by atoms with Crippen LogP contribution < -0.4 is 11.1 Å². The molecule has 1 aromatic rings. The van der Waals surface area contributed by atoms with Gasteiger partial charge in [-0.25, -0.2) is 9.78 Å². The number of amides is 2. The van der Waals surface area contributed by atoms with Gasteiger partial charge >= 0.3 is 5.97 Å². The van der Waals surface area contributed by atoms with Crippen molar-refractivity contribution in [3.8, 4) is 0 Å². The van der Waals surface area contributed by atoms with Gasteiger partial charge in [-0.1, -0.05) is 0 Å². The molecule has 98 valence electrons. The molecule has 0 radical (unpaired) electrons. The number of aromatic nitrogens is 1. The van der Waals surface area contributed by atoms with E-state index in [0.717, 1.165) is 11.3 Å². The molecule has 2 amide bonds. The number of nitrogens with zero attached hydrogens (tertiary/aromatic N) is 1. The zero-order chi connectivity index (χ0) is 13.7. The monoisotopic (exact) mass is 271 g/mol. The number of primary amides is 1.